The lowest BCUT2D eigenvalue weighted by Gasteiger charge is -2.09. The van der Waals surface area contributed by atoms with Crippen LogP contribution in [0.3, 0.4) is 0 Å². The molecule has 0 radical (unpaired) electrons. The number of Topliss-reactive ketones (excluding diaryl/α,β-unsaturated/α-hetero) is 1. The van der Waals surface area contributed by atoms with Crippen LogP contribution in [0.25, 0.3) is 0 Å². The zero-order valence-electron chi connectivity index (χ0n) is 26.7. The molecule has 0 heterocycles. The summed E-state index contributed by atoms with van der Waals surface area (Å²) in [6.07, 6.45) is 10.8. The fraction of sp³-hybridized carbons (Fsp3) is 0.871. The predicted molar refractivity (Wildman–Crippen MR) is 161 cm³/mol. The first-order chi connectivity index (χ1) is 21.5. The standard InChI is InChI=1S/C31H56O13/c1-2-3-4-5-6-7-8-9-10-11-29(33)43-26-24-41-22-20-39-18-16-37-14-15-38-17-19-40-21-23-42-25-27-44-30(34)13-12-28(32)31(35)36/h2-27H2,1H3,(H,35,36). The summed E-state index contributed by atoms with van der Waals surface area (Å²) in [5.41, 5.74) is 0. The van der Waals surface area contributed by atoms with E-state index in [9.17, 15) is 19.2 Å². The molecule has 13 heteroatoms. The van der Waals surface area contributed by atoms with Gasteiger partial charge in [-0.3, -0.25) is 14.4 Å². The molecule has 0 spiro atoms. The van der Waals surface area contributed by atoms with E-state index in [0.717, 1.165) is 12.8 Å². The first-order valence-corrected chi connectivity index (χ1v) is 16.0. The highest BCUT2D eigenvalue weighted by Crippen LogP contribution is 2.10. The van der Waals surface area contributed by atoms with Crippen molar-refractivity contribution in [1.82, 2.24) is 0 Å². The van der Waals surface area contributed by atoms with Crippen molar-refractivity contribution in [3.05, 3.63) is 0 Å². The van der Waals surface area contributed by atoms with Crippen LogP contribution in [0.15, 0.2) is 0 Å². The van der Waals surface area contributed by atoms with Crippen LogP contribution in [0.1, 0.15) is 84.0 Å². The molecule has 13 nitrogen and oxygen atoms in total. The maximum Gasteiger partial charge on any atom is 0.372 e. The van der Waals surface area contributed by atoms with Crippen molar-refractivity contribution in [3.63, 3.8) is 0 Å². The van der Waals surface area contributed by atoms with Gasteiger partial charge in [-0.1, -0.05) is 58.3 Å². The highest BCUT2D eigenvalue weighted by molar-refractivity contribution is 6.32. The Labute approximate surface area is 262 Å². The lowest BCUT2D eigenvalue weighted by molar-refractivity contribution is -0.151. The molecule has 0 unspecified atom stereocenters. The Morgan fingerprint density at radius 3 is 1.09 bits per heavy atom. The van der Waals surface area contributed by atoms with E-state index >= 15 is 0 Å². The Morgan fingerprint density at radius 2 is 0.727 bits per heavy atom. The maximum absolute atomic E-state index is 11.7. The zero-order valence-corrected chi connectivity index (χ0v) is 26.7. The van der Waals surface area contributed by atoms with Crippen LogP contribution in [-0.2, 0) is 57.1 Å². The molecule has 0 fully saturated rings. The number of esters is 2. The molecule has 44 heavy (non-hydrogen) atoms. The fourth-order valence-corrected chi connectivity index (χ4v) is 3.68. The molecule has 0 saturated heterocycles. The molecule has 0 amide bonds. The highest BCUT2D eigenvalue weighted by atomic mass is 16.6. The first kappa shape index (κ1) is 41.8. The van der Waals surface area contributed by atoms with Crippen LogP contribution in [0.4, 0.5) is 0 Å². The lowest BCUT2D eigenvalue weighted by atomic mass is 10.1. The second-order valence-corrected chi connectivity index (χ2v) is 9.92. The Morgan fingerprint density at radius 1 is 0.409 bits per heavy atom. The number of carboxylic acid groups (broad SMARTS) is 1. The minimum atomic E-state index is -1.56. The van der Waals surface area contributed by atoms with E-state index in [4.69, 9.17) is 43.0 Å². The molecule has 258 valence electrons. The number of aliphatic carboxylic acids is 1. The summed E-state index contributed by atoms with van der Waals surface area (Å²) in [6.45, 7) is 7.16. The van der Waals surface area contributed by atoms with Gasteiger partial charge in [-0.05, 0) is 6.42 Å². The monoisotopic (exact) mass is 636 g/mol. The van der Waals surface area contributed by atoms with Crippen molar-refractivity contribution < 1.29 is 62.2 Å². The summed E-state index contributed by atoms with van der Waals surface area (Å²) in [5, 5.41) is 8.43. The largest absolute Gasteiger partial charge is 0.476 e. The number of ketones is 1. The summed E-state index contributed by atoms with van der Waals surface area (Å²) in [4.78, 5) is 44.3. The molecule has 0 aliphatic rings. The average Bonchev–Trinajstić information content (AvgIpc) is 3.01. The van der Waals surface area contributed by atoms with Crippen molar-refractivity contribution in [2.75, 3.05) is 92.5 Å². The van der Waals surface area contributed by atoms with Gasteiger partial charge >= 0.3 is 17.9 Å². The number of carboxylic acids is 1. The number of hydrogen-bond donors (Lipinski definition) is 1. The molecular formula is C31H56O13. The molecule has 0 aromatic rings. The normalized spacial score (nSPS) is 11.0. The van der Waals surface area contributed by atoms with Gasteiger partial charge in [-0.15, -0.1) is 0 Å². The molecule has 0 rings (SSSR count). The Balaban J connectivity index is 3.20. The maximum atomic E-state index is 11.7. The van der Waals surface area contributed by atoms with Gasteiger partial charge in [0.2, 0.25) is 5.78 Å². The van der Waals surface area contributed by atoms with Crippen molar-refractivity contribution in [2.24, 2.45) is 0 Å². The Kier molecular flexibility index (Phi) is 32.1. The van der Waals surface area contributed by atoms with Crippen LogP contribution in [0, 0.1) is 0 Å². The third-order valence-electron chi connectivity index (χ3n) is 6.12. The summed E-state index contributed by atoms with van der Waals surface area (Å²) >= 11 is 0. The van der Waals surface area contributed by atoms with Crippen molar-refractivity contribution >= 4 is 23.7 Å². The quantitative estimate of drug-likeness (QED) is 0.0611. The average molecular weight is 637 g/mol. The molecule has 0 saturated carbocycles. The van der Waals surface area contributed by atoms with Crippen LogP contribution >= 0.6 is 0 Å². The van der Waals surface area contributed by atoms with Gasteiger partial charge in [0.25, 0.3) is 0 Å². The number of hydrogen-bond acceptors (Lipinski definition) is 12. The van der Waals surface area contributed by atoms with E-state index in [1.165, 1.54) is 44.9 Å². The third kappa shape index (κ3) is 32.7. The SMILES string of the molecule is CCCCCCCCCCCC(=O)OCCOCCOCCOCCOCCOCCOCCOC(=O)CCC(=O)C(=O)O. The minimum absolute atomic E-state index is 0.0141. The Bertz CT molecular complexity index is 702. The van der Waals surface area contributed by atoms with Crippen LogP contribution < -0.4 is 0 Å². The van der Waals surface area contributed by atoms with Gasteiger partial charge in [0.1, 0.15) is 13.2 Å². The number of unbranched alkanes of at least 4 members (excludes halogenated alkanes) is 8. The highest BCUT2D eigenvalue weighted by Gasteiger charge is 2.14. The summed E-state index contributed by atoms with van der Waals surface area (Å²) in [6, 6.07) is 0. The molecule has 0 aromatic carbocycles. The second-order valence-electron chi connectivity index (χ2n) is 9.92. The van der Waals surface area contributed by atoms with Crippen LogP contribution in [-0.4, -0.2) is 121 Å². The second kappa shape index (κ2) is 33.7. The van der Waals surface area contributed by atoms with Gasteiger partial charge in [0, 0.05) is 12.8 Å². The minimum Gasteiger partial charge on any atom is -0.476 e. The van der Waals surface area contributed by atoms with Gasteiger partial charge in [-0.25, -0.2) is 4.79 Å². The van der Waals surface area contributed by atoms with Gasteiger partial charge in [0.05, 0.1) is 85.7 Å². The van der Waals surface area contributed by atoms with Gasteiger partial charge in [0.15, 0.2) is 0 Å². The van der Waals surface area contributed by atoms with Crippen molar-refractivity contribution in [2.45, 2.75) is 84.0 Å². The molecule has 1 N–H and O–H groups in total. The zero-order chi connectivity index (χ0) is 32.4. The van der Waals surface area contributed by atoms with Gasteiger partial charge in [-0.2, -0.15) is 0 Å². The predicted octanol–water partition coefficient (Wildman–Crippen LogP) is 3.53. The molecule has 0 atom stereocenters. The first-order valence-electron chi connectivity index (χ1n) is 16.0. The third-order valence-corrected chi connectivity index (χ3v) is 6.12. The molecule has 0 bridgehead atoms. The van der Waals surface area contributed by atoms with Crippen molar-refractivity contribution in [1.29, 1.82) is 0 Å². The summed E-state index contributed by atoms with van der Waals surface area (Å²) in [7, 11) is 0. The van der Waals surface area contributed by atoms with Gasteiger partial charge < -0.3 is 43.0 Å². The lowest BCUT2D eigenvalue weighted by Crippen LogP contribution is -2.17. The van der Waals surface area contributed by atoms with Crippen LogP contribution in [0.2, 0.25) is 0 Å². The summed E-state index contributed by atoms with van der Waals surface area (Å²) < 4.78 is 42.3. The van der Waals surface area contributed by atoms with Crippen molar-refractivity contribution in [3.8, 4) is 0 Å². The smallest absolute Gasteiger partial charge is 0.372 e. The number of carbonyl (C=O) groups is 4. The van der Waals surface area contributed by atoms with E-state index in [0.29, 0.717) is 79.1 Å². The van der Waals surface area contributed by atoms with E-state index in [1.807, 2.05) is 0 Å². The molecule has 0 aliphatic heterocycles. The van der Waals surface area contributed by atoms with E-state index < -0.39 is 17.7 Å². The summed E-state index contributed by atoms with van der Waals surface area (Å²) in [5.74, 6) is -3.39. The van der Waals surface area contributed by atoms with E-state index in [2.05, 4.69) is 6.92 Å². The number of rotatable bonds is 35. The van der Waals surface area contributed by atoms with E-state index in [1.54, 1.807) is 0 Å². The van der Waals surface area contributed by atoms with E-state index in [-0.39, 0.29) is 38.6 Å². The molecule has 0 aromatic heterocycles. The molecule has 0 aliphatic carbocycles. The van der Waals surface area contributed by atoms with Crippen LogP contribution in [0.5, 0.6) is 0 Å². The molecular weight excluding hydrogens is 580 g/mol. The fourth-order valence-electron chi connectivity index (χ4n) is 3.68. The topological polar surface area (TPSA) is 162 Å². The Hall–Kier alpha value is -2.16. The number of ether oxygens (including phenoxy) is 8. The number of carbonyl (C=O) groups excluding carboxylic acids is 3.